The van der Waals surface area contributed by atoms with Crippen LogP contribution >= 0.6 is 0 Å². The molecule has 1 unspecified atom stereocenters. The lowest BCUT2D eigenvalue weighted by atomic mass is 9.91. The van der Waals surface area contributed by atoms with E-state index in [-0.39, 0.29) is 0 Å². The minimum Gasteiger partial charge on any atom is -0.310 e. The number of nitrogens with one attached hydrogen (secondary N) is 1. The monoisotopic (exact) mass is 273 g/mol. The zero-order valence-corrected chi connectivity index (χ0v) is 13.5. The van der Waals surface area contributed by atoms with Crippen molar-refractivity contribution < 1.29 is 0 Å². The van der Waals surface area contributed by atoms with Gasteiger partial charge in [-0.2, -0.15) is 0 Å². The lowest BCUT2D eigenvalue weighted by Gasteiger charge is -2.23. The first-order valence-electron chi connectivity index (χ1n) is 8.52. The molecule has 0 saturated heterocycles. The van der Waals surface area contributed by atoms with E-state index in [0.29, 0.717) is 6.04 Å². The zero-order chi connectivity index (χ0) is 14.4. The molecule has 20 heavy (non-hydrogen) atoms. The van der Waals surface area contributed by atoms with Crippen molar-refractivity contribution in [2.75, 3.05) is 6.54 Å². The zero-order valence-electron chi connectivity index (χ0n) is 13.5. The minimum atomic E-state index is 0.551. The van der Waals surface area contributed by atoms with Gasteiger partial charge in [0.05, 0.1) is 0 Å². The fourth-order valence-corrected chi connectivity index (χ4v) is 3.54. The Morgan fingerprint density at radius 1 is 1.20 bits per heavy atom. The summed E-state index contributed by atoms with van der Waals surface area (Å²) in [6.45, 7) is 7.89. The van der Waals surface area contributed by atoms with Crippen LogP contribution in [-0.4, -0.2) is 6.54 Å². The molecule has 0 aliphatic heterocycles. The van der Waals surface area contributed by atoms with Crippen LogP contribution in [0, 0.1) is 19.8 Å². The van der Waals surface area contributed by atoms with E-state index in [1.54, 1.807) is 0 Å². The van der Waals surface area contributed by atoms with Gasteiger partial charge < -0.3 is 5.32 Å². The summed E-state index contributed by atoms with van der Waals surface area (Å²) >= 11 is 0. The molecule has 1 saturated carbocycles. The number of hydrogen-bond donors (Lipinski definition) is 1. The summed E-state index contributed by atoms with van der Waals surface area (Å²) in [7, 11) is 0. The van der Waals surface area contributed by atoms with E-state index in [2.05, 4.69) is 44.3 Å². The predicted octanol–water partition coefficient (Wildman–Crippen LogP) is 5.31. The molecule has 1 heteroatoms. The molecule has 1 aromatic rings. The average Bonchev–Trinajstić information content (AvgIpc) is 2.96. The number of benzene rings is 1. The molecular formula is C19H31N. The van der Waals surface area contributed by atoms with Crippen LogP contribution in [0.4, 0.5) is 0 Å². The maximum Gasteiger partial charge on any atom is 0.0323 e. The van der Waals surface area contributed by atoms with Crippen LogP contribution in [0.15, 0.2) is 18.2 Å². The third-order valence-corrected chi connectivity index (χ3v) is 5.00. The van der Waals surface area contributed by atoms with Crippen molar-refractivity contribution in [3.8, 4) is 0 Å². The number of hydrogen-bond acceptors (Lipinski definition) is 1. The summed E-state index contributed by atoms with van der Waals surface area (Å²) in [5.41, 5.74) is 4.43. The molecule has 0 amide bonds. The summed E-state index contributed by atoms with van der Waals surface area (Å²) in [6.07, 6.45) is 9.76. The fourth-order valence-electron chi connectivity index (χ4n) is 3.54. The van der Waals surface area contributed by atoms with E-state index in [9.17, 15) is 0 Å². The van der Waals surface area contributed by atoms with Gasteiger partial charge in [-0.3, -0.25) is 0 Å². The third kappa shape index (κ3) is 4.09. The lowest BCUT2D eigenvalue weighted by Crippen LogP contribution is -2.23. The lowest BCUT2D eigenvalue weighted by molar-refractivity contribution is 0.411. The van der Waals surface area contributed by atoms with E-state index in [1.165, 1.54) is 61.6 Å². The van der Waals surface area contributed by atoms with Gasteiger partial charge >= 0.3 is 0 Å². The molecule has 1 nitrogen and oxygen atoms in total. The van der Waals surface area contributed by atoms with Crippen LogP contribution in [-0.2, 0) is 0 Å². The topological polar surface area (TPSA) is 12.0 Å². The maximum atomic E-state index is 3.78. The fraction of sp³-hybridized carbons (Fsp3) is 0.684. The normalized spacial score (nSPS) is 17.6. The van der Waals surface area contributed by atoms with Crippen LogP contribution in [0.25, 0.3) is 0 Å². The average molecular weight is 273 g/mol. The molecule has 1 aromatic carbocycles. The van der Waals surface area contributed by atoms with Crippen molar-refractivity contribution in [3.05, 3.63) is 34.9 Å². The van der Waals surface area contributed by atoms with E-state index in [4.69, 9.17) is 0 Å². The molecule has 0 radical (unpaired) electrons. The van der Waals surface area contributed by atoms with Crippen LogP contribution in [0.1, 0.15) is 74.6 Å². The molecule has 1 aliphatic rings. The smallest absolute Gasteiger partial charge is 0.0323 e. The summed E-state index contributed by atoms with van der Waals surface area (Å²) < 4.78 is 0. The molecular weight excluding hydrogens is 242 g/mol. The van der Waals surface area contributed by atoms with Gasteiger partial charge in [0.25, 0.3) is 0 Å². The largest absolute Gasteiger partial charge is 0.310 e. The number of rotatable bonds is 7. The first-order chi connectivity index (χ1) is 9.72. The highest BCUT2D eigenvalue weighted by molar-refractivity contribution is 5.35. The van der Waals surface area contributed by atoms with Crippen LogP contribution in [0.3, 0.4) is 0 Å². The SMILES string of the molecule is CCCNC(CCC1CCCC1)c1cccc(C)c1C. The van der Waals surface area contributed by atoms with Gasteiger partial charge in [0.1, 0.15) is 0 Å². The van der Waals surface area contributed by atoms with Gasteiger partial charge in [-0.25, -0.2) is 0 Å². The molecule has 1 aliphatic carbocycles. The molecule has 112 valence electrons. The van der Waals surface area contributed by atoms with Crippen molar-refractivity contribution in [1.29, 1.82) is 0 Å². The van der Waals surface area contributed by atoms with Gasteiger partial charge in [-0.05, 0) is 62.3 Å². The predicted molar refractivity (Wildman–Crippen MR) is 88.1 cm³/mol. The number of aryl methyl sites for hydroxylation is 1. The van der Waals surface area contributed by atoms with Gasteiger partial charge in [0, 0.05) is 6.04 Å². The quantitative estimate of drug-likeness (QED) is 0.709. The molecule has 0 bridgehead atoms. The maximum absolute atomic E-state index is 3.78. The molecule has 1 atom stereocenters. The molecule has 0 aromatic heterocycles. The first kappa shape index (κ1) is 15.6. The minimum absolute atomic E-state index is 0.551. The van der Waals surface area contributed by atoms with E-state index >= 15 is 0 Å². The van der Waals surface area contributed by atoms with Gasteiger partial charge in [0.2, 0.25) is 0 Å². The second-order valence-electron chi connectivity index (χ2n) is 6.52. The Bertz CT molecular complexity index is 404. The van der Waals surface area contributed by atoms with Gasteiger partial charge in [-0.1, -0.05) is 50.8 Å². The van der Waals surface area contributed by atoms with E-state index < -0.39 is 0 Å². The molecule has 0 spiro atoms. The summed E-state index contributed by atoms with van der Waals surface area (Å²) in [6, 6.07) is 7.32. The van der Waals surface area contributed by atoms with Gasteiger partial charge in [-0.15, -0.1) is 0 Å². The first-order valence-corrected chi connectivity index (χ1v) is 8.52. The Balaban J connectivity index is 2.03. The van der Waals surface area contributed by atoms with Crippen molar-refractivity contribution in [2.24, 2.45) is 5.92 Å². The van der Waals surface area contributed by atoms with Crippen LogP contribution in [0.2, 0.25) is 0 Å². The second kappa shape index (κ2) is 7.83. The summed E-state index contributed by atoms with van der Waals surface area (Å²) in [4.78, 5) is 0. The highest BCUT2D eigenvalue weighted by atomic mass is 14.9. The molecule has 1 N–H and O–H groups in total. The van der Waals surface area contributed by atoms with Crippen molar-refractivity contribution in [1.82, 2.24) is 5.32 Å². The third-order valence-electron chi connectivity index (χ3n) is 5.00. The van der Waals surface area contributed by atoms with Crippen molar-refractivity contribution >= 4 is 0 Å². The molecule has 0 heterocycles. The van der Waals surface area contributed by atoms with Gasteiger partial charge in [0.15, 0.2) is 0 Å². The van der Waals surface area contributed by atoms with Crippen LogP contribution < -0.4 is 5.32 Å². The standard InChI is InChI=1S/C19H31N/c1-4-14-20-19(13-12-17-9-5-6-10-17)18-11-7-8-15(2)16(18)3/h7-8,11,17,19-20H,4-6,9-10,12-14H2,1-3H3. The molecule has 2 rings (SSSR count). The second-order valence-corrected chi connectivity index (χ2v) is 6.52. The van der Waals surface area contributed by atoms with E-state index in [0.717, 1.165) is 12.5 Å². The highest BCUT2D eigenvalue weighted by Crippen LogP contribution is 2.32. The Morgan fingerprint density at radius 3 is 2.65 bits per heavy atom. The highest BCUT2D eigenvalue weighted by Gasteiger charge is 2.19. The summed E-state index contributed by atoms with van der Waals surface area (Å²) in [5, 5.41) is 3.78. The Hall–Kier alpha value is -0.820. The van der Waals surface area contributed by atoms with Crippen molar-refractivity contribution in [3.63, 3.8) is 0 Å². The molecule has 1 fully saturated rings. The Morgan fingerprint density at radius 2 is 1.95 bits per heavy atom. The van der Waals surface area contributed by atoms with E-state index in [1.807, 2.05) is 0 Å². The summed E-state index contributed by atoms with van der Waals surface area (Å²) in [5.74, 6) is 0.992. The Kier molecular flexibility index (Phi) is 6.09. The Labute approximate surface area is 125 Å². The van der Waals surface area contributed by atoms with Crippen LogP contribution in [0.5, 0.6) is 0 Å². The van der Waals surface area contributed by atoms with Crippen molar-refractivity contribution in [2.45, 2.75) is 71.8 Å².